The summed E-state index contributed by atoms with van der Waals surface area (Å²) in [7, 11) is 1.89. The van der Waals surface area contributed by atoms with Gasteiger partial charge < -0.3 is 0 Å². The van der Waals surface area contributed by atoms with E-state index in [1.807, 2.05) is 32.3 Å². The lowest BCUT2D eigenvalue weighted by Gasteiger charge is -2.15. The van der Waals surface area contributed by atoms with E-state index in [9.17, 15) is 0 Å². The second kappa shape index (κ2) is 5.92. The summed E-state index contributed by atoms with van der Waals surface area (Å²) in [4.78, 5) is 0. The van der Waals surface area contributed by atoms with E-state index in [1.165, 1.54) is 0 Å². The molecule has 0 aliphatic rings. The first-order valence-electron chi connectivity index (χ1n) is 5.91. The van der Waals surface area contributed by atoms with Gasteiger partial charge in [0.1, 0.15) is 0 Å². The Morgan fingerprint density at radius 3 is 2.63 bits per heavy atom. The van der Waals surface area contributed by atoms with Crippen LogP contribution in [0.1, 0.15) is 22.9 Å². The standard InChI is InChI=1S/C13H16Cl2N4/c1-8-10(7-19(2)18-8)13(17-16)6-9-3-4-11(14)12(15)5-9/h3-5,7,13,17H,6,16H2,1-2H3. The van der Waals surface area contributed by atoms with Crippen LogP contribution in [-0.2, 0) is 13.5 Å². The van der Waals surface area contributed by atoms with E-state index in [-0.39, 0.29) is 6.04 Å². The Morgan fingerprint density at radius 2 is 2.11 bits per heavy atom. The van der Waals surface area contributed by atoms with Crippen LogP contribution in [0.25, 0.3) is 0 Å². The van der Waals surface area contributed by atoms with Crippen LogP contribution >= 0.6 is 23.2 Å². The van der Waals surface area contributed by atoms with Gasteiger partial charge in [-0.3, -0.25) is 16.0 Å². The minimum absolute atomic E-state index is 0.00839. The second-order valence-corrected chi connectivity index (χ2v) is 5.33. The molecule has 0 aliphatic carbocycles. The third kappa shape index (κ3) is 3.28. The summed E-state index contributed by atoms with van der Waals surface area (Å²) in [5.41, 5.74) is 5.94. The number of halogens is 2. The Balaban J connectivity index is 2.23. The fourth-order valence-corrected chi connectivity index (χ4v) is 2.44. The van der Waals surface area contributed by atoms with Gasteiger partial charge in [0.05, 0.1) is 21.8 Å². The van der Waals surface area contributed by atoms with Crippen LogP contribution in [0.15, 0.2) is 24.4 Å². The topological polar surface area (TPSA) is 55.9 Å². The summed E-state index contributed by atoms with van der Waals surface area (Å²) in [6.07, 6.45) is 2.69. The highest BCUT2D eigenvalue weighted by Gasteiger charge is 2.16. The van der Waals surface area contributed by atoms with Gasteiger partial charge in [-0.25, -0.2) is 0 Å². The van der Waals surface area contributed by atoms with Crippen molar-refractivity contribution in [2.75, 3.05) is 0 Å². The Bertz CT molecular complexity index is 580. The van der Waals surface area contributed by atoms with Crippen molar-refractivity contribution in [3.05, 3.63) is 51.3 Å². The van der Waals surface area contributed by atoms with Gasteiger partial charge in [-0.05, 0) is 31.0 Å². The van der Waals surface area contributed by atoms with Gasteiger partial charge in [-0.2, -0.15) is 5.10 Å². The van der Waals surface area contributed by atoms with Crippen molar-refractivity contribution in [2.24, 2.45) is 12.9 Å². The maximum atomic E-state index is 6.02. The zero-order valence-corrected chi connectivity index (χ0v) is 12.3. The molecule has 0 saturated heterocycles. The fourth-order valence-electron chi connectivity index (χ4n) is 2.12. The van der Waals surface area contributed by atoms with E-state index in [2.05, 4.69) is 10.5 Å². The number of hydrogen-bond acceptors (Lipinski definition) is 3. The predicted octanol–water partition coefficient (Wildman–Crippen LogP) is 2.78. The van der Waals surface area contributed by atoms with E-state index >= 15 is 0 Å². The van der Waals surface area contributed by atoms with Crippen LogP contribution in [0.3, 0.4) is 0 Å². The zero-order chi connectivity index (χ0) is 14.0. The largest absolute Gasteiger partial charge is 0.275 e. The molecular weight excluding hydrogens is 283 g/mol. The van der Waals surface area contributed by atoms with Crippen LogP contribution in [0, 0.1) is 6.92 Å². The van der Waals surface area contributed by atoms with Crippen molar-refractivity contribution in [1.29, 1.82) is 0 Å². The molecule has 0 spiro atoms. The van der Waals surface area contributed by atoms with E-state index < -0.39 is 0 Å². The lowest BCUT2D eigenvalue weighted by molar-refractivity contribution is 0.549. The number of aryl methyl sites for hydroxylation is 2. The van der Waals surface area contributed by atoms with E-state index in [1.54, 1.807) is 10.7 Å². The summed E-state index contributed by atoms with van der Waals surface area (Å²) in [6, 6.07) is 5.60. The Kier molecular flexibility index (Phi) is 4.47. The first kappa shape index (κ1) is 14.3. The summed E-state index contributed by atoms with van der Waals surface area (Å²) in [6.45, 7) is 1.97. The molecule has 4 nitrogen and oxygen atoms in total. The molecule has 0 amide bonds. The second-order valence-electron chi connectivity index (χ2n) is 4.52. The van der Waals surface area contributed by atoms with Gasteiger partial charge in [0.15, 0.2) is 0 Å². The minimum atomic E-state index is -0.00839. The molecule has 1 aromatic heterocycles. The molecule has 0 aliphatic heterocycles. The molecule has 6 heteroatoms. The molecule has 0 fully saturated rings. The first-order chi connectivity index (χ1) is 9.01. The van der Waals surface area contributed by atoms with Crippen molar-refractivity contribution >= 4 is 23.2 Å². The van der Waals surface area contributed by atoms with Gasteiger partial charge in [-0.1, -0.05) is 29.3 Å². The van der Waals surface area contributed by atoms with Crippen LogP contribution in [0.5, 0.6) is 0 Å². The number of rotatable bonds is 4. The molecule has 1 atom stereocenters. The molecule has 1 unspecified atom stereocenters. The third-order valence-electron chi connectivity index (χ3n) is 3.05. The van der Waals surface area contributed by atoms with E-state index in [0.717, 1.165) is 23.2 Å². The van der Waals surface area contributed by atoms with Crippen molar-refractivity contribution in [3.8, 4) is 0 Å². The van der Waals surface area contributed by atoms with E-state index in [0.29, 0.717) is 10.0 Å². The number of hydrazine groups is 1. The van der Waals surface area contributed by atoms with Crippen molar-refractivity contribution in [3.63, 3.8) is 0 Å². The SMILES string of the molecule is Cc1nn(C)cc1C(Cc1ccc(Cl)c(Cl)c1)NN. The summed E-state index contributed by atoms with van der Waals surface area (Å²) >= 11 is 11.9. The Morgan fingerprint density at radius 1 is 1.37 bits per heavy atom. The van der Waals surface area contributed by atoms with Crippen LogP contribution in [-0.4, -0.2) is 9.78 Å². The molecule has 0 bridgehead atoms. The van der Waals surface area contributed by atoms with Crippen LogP contribution in [0.2, 0.25) is 10.0 Å². The minimum Gasteiger partial charge on any atom is -0.275 e. The number of benzene rings is 1. The van der Waals surface area contributed by atoms with Crippen molar-refractivity contribution < 1.29 is 0 Å². The van der Waals surface area contributed by atoms with Crippen LogP contribution in [0.4, 0.5) is 0 Å². The zero-order valence-electron chi connectivity index (χ0n) is 10.8. The lowest BCUT2D eigenvalue weighted by Crippen LogP contribution is -2.29. The average molecular weight is 299 g/mol. The summed E-state index contributed by atoms with van der Waals surface area (Å²) in [5.74, 6) is 5.65. The molecule has 0 radical (unpaired) electrons. The highest BCUT2D eigenvalue weighted by atomic mass is 35.5. The molecule has 1 heterocycles. The van der Waals surface area contributed by atoms with Gasteiger partial charge in [0, 0.05) is 18.8 Å². The maximum absolute atomic E-state index is 6.02. The monoisotopic (exact) mass is 298 g/mol. The quantitative estimate of drug-likeness (QED) is 0.674. The maximum Gasteiger partial charge on any atom is 0.0642 e. The molecule has 102 valence electrons. The van der Waals surface area contributed by atoms with E-state index in [4.69, 9.17) is 29.0 Å². The average Bonchev–Trinajstić information content (AvgIpc) is 2.70. The number of hydrogen-bond donors (Lipinski definition) is 2. The highest BCUT2D eigenvalue weighted by Crippen LogP contribution is 2.26. The molecule has 1 aromatic carbocycles. The summed E-state index contributed by atoms with van der Waals surface area (Å²) < 4.78 is 1.78. The number of nitrogens with one attached hydrogen (secondary N) is 1. The molecule has 2 aromatic rings. The van der Waals surface area contributed by atoms with Crippen molar-refractivity contribution in [2.45, 2.75) is 19.4 Å². The number of nitrogens with two attached hydrogens (primary N) is 1. The van der Waals surface area contributed by atoms with Gasteiger partial charge in [0.2, 0.25) is 0 Å². The molecule has 0 saturated carbocycles. The van der Waals surface area contributed by atoms with Gasteiger partial charge >= 0.3 is 0 Å². The lowest BCUT2D eigenvalue weighted by atomic mass is 10.0. The van der Waals surface area contributed by atoms with Crippen molar-refractivity contribution in [1.82, 2.24) is 15.2 Å². The predicted molar refractivity (Wildman–Crippen MR) is 78.2 cm³/mol. The molecular formula is C13H16Cl2N4. The normalized spacial score (nSPS) is 12.7. The highest BCUT2D eigenvalue weighted by molar-refractivity contribution is 6.42. The smallest absolute Gasteiger partial charge is 0.0642 e. The van der Waals surface area contributed by atoms with Crippen LogP contribution < -0.4 is 11.3 Å². The first-order valence-corrected chi connectivity index (χ1v) is 6.67. The Hall–Kier alpha value is -1.07. The molecule has 2 rings (SSSR count). The summed E-state index contributed by atoms with van der Waals surface area (Å²) in [5, 5.41) is 5.44. The van der Waals surface area contributed by atoms with Gasteiger partial charge in [0.25, 0.3) is 0 Å². The number of aromatic nitrogens is 2. The molecule has 3 N–H and O–H groups in total. The Labute approximate surface area is 122 Å². The fraction of sp³-hybridized carbons (Fsp3) is 0.308. The van der Waals surface area contributed by atoms with Gasteiger partial charge in [-0.15, -0.1) is 0 Å². The number of nitrogens with zero attached hydrogens (tertiary/aromatic N) is 2. The third-order valence-corrected chi connectivity index (χ3v) is 3.79. The molecule has 19 heavy (non-hydrogen) atoms.